The predicted octanol–water partition coefficient (Wildman–Crippen LogP) is 14.8. The number of anilines is 3. The molecule has 0 unspecified atom stereocenters. The fourth-order valence-electron chi connectivity index (χ4n) is 8.07. The van der Waals surface area contributed by atoms with Crippen molar-refractivity contribution in [2.24, 2.45) is 0 Å². The van der Waals surface area contributed by atoms with Gasteiger partial charge in [0.05, 0.1) is 0 Å². The highest BCUT2D eigenvalue weighted by atomic mass is 15.1. The van der Waals surface area contributed by atoms with Crippen molar-refractivity contribution in [2.45, 2.75) is 0 Å². The van der Waals surface area contributed by atoms with E-state index in [2.05, 4.69) is 217 Å². The number of fused-ring (bicyclic) bond motifs is 6. The second-order valence-corrected chi connectivity index (χ2v) is 13.7. The Morgan fingerprint density at radius 3 is 1.21 bits per heavy atom. The number of nitrogens with zero attached hydrogens (tertiary/aromatic N) is 1. The molecule has 10 rings (SSSR count). The van der Waals surface area contributed by atoms with Crippen molar-refractivity contribution >= 4 is 60.2 Å². The SMILES string of the molecule is c1ccc(-c2ccc(N(c3ccc(-c4cc5ccccc5c5ccccc45)cc3)c3cccc(-c4cc5ccccc5c5ccccc45)c3)cc2)cc1. The van der Waals surface area contributed by atoms with Gasteiger partial charge in [-0.25, -0.2) is 0 Å². The van der Waals surface area contributed by atoms with Crippen LogP contribution in [-0.2, 0) is 0 Å². The Bertz CT molecular complexity index is 2920. The van der Waals surface area contributed by atoms with Crippen LogP contribution in [0.25, 0.3) is 76.5 Å². The summed E-state index contributed by atoms with van der Waals surface area (Å²) in [4.78, 5) is 2.38. The maximum absolute atomic E-state index is 2.38. The molecular weight excluding hydrogens is 639 g/mol. The Morgan fingerprint density at radius 1 is 0.226 bits per heavy atom. The van der Waals surface area contributed by atoms with Gasteiger partial charge in [0.15, 0.2) is 0 Å². The lowest BCUT2D eigenvalue weighted by atomic mass is 9.93. The van der Waals surface area contributed by atoms with E-state index in [1.807, 2.05) is 0 Å². The van der Waals surface area contributed by atoms with Crippen LogP contribution in [0.5, 0.6) is 0 Å². The van der Waals surface area contributed by atoms with Crippen LogP contribution in [0.1, 0.15) is 0 Å². The summed E-state index contributed by atoms with van der Waals surface area (Å²) in [5.41, 5.74) is 10.6. The van der Waals surface area contributed by atoms with Gasteiger partial charge in [-0.2, -0.15) is 0 Å². The molecule has 0 radical (unpaired) electrons. The third-order valence-electron chi connectivity index (χ3n) is 10.6. The van der Waals surface area contributed by atoms with Crippen LogP contribution in [0.15, 0.2) is 212 Å². The molecule has 10 aromatic rings. The molecule has 0 amide bonds. The minimum atomic E-state index is 1.10. The minimum Gasteiger partial charge on any atom is -0.310 e. The zero-order chi connectivity index (χ0) is 35.1. The average molecular weight is 674 g/mol. The first-order valence-corrected chi connectivity index (χ1v) is 18.3. The molecule has 0 atom stereocenters. The van der Waals surface area contributed by atoms with Gasteiger partial charge in [-0.15, -0.1) is 0 Å². The highest BCUT2D eigenvalue weighted by Gasteiger charge is 2.17. The van der Waals surface area contributed by atoms with Crippen molar-refractivity contribution in [2.75, 3.05) is 4.90 Å². The summed E-state index contributed by atoms with van der Waals surface area (Å²) in [6.07, 6.45) is 0. The van der Waals surface area contributed by atoms with E-state index in [-0.39, 0.29) is 0 Å². The van der Waals surface area contributed by atoms with E-state index in [0.717, 1.165) is 17.1 Å². The topological polar surface area (TPSA) is 3.24 Å². The molecular formula is C52H35N. The lowest BCUT2D eigenvalue weighted by molar-refractivity contribution is 1.28. The van der Waals surface area contributed by atoms with E-state index in [1.165, 1.54) is 76.5 Å². The van der Waals surface area contributed by atoms with Gasteiger partial charge in [-0.3, -0.25) is 0 Å². The van der Waals surface area contributed by atoms with E-state index in [9.17, 15) is 0 Å². The van der Waals surface area contributed by atoms with Gasteiger partial charge in [0.25, 0.3) is 0 Å². The molecule has 248 valence electrons. The maximum Gasteiger partial charge on any atom is 0.0467 e. The predicted molar refractivity (Wildman–Crippen MR) is 227 cm³/mol. The summed E-state index contributed by atoms with van der Waals surface area (Å²) in [7, 11) is 0. The molecule has 0 aliphatic heterocycles. The van der Waals surface area contributed by atoms with Crippen molar-refractivity contribution in [1.29, 1.82) is 0 Å². The van der Waals surface area contributed by atoms with Crippen LogP contribution in [0.4, 0.5) is 17.1 Å². The normalized spacial score (nSPS) is 11.4. The van der Waals surface area contributed by atoms with Crippen molar-refractivity contribution in [3.8, 4) is 33.4 Å². The lowest BCUT2D eigenvalue weighted by Crippen LogP contribution is -2.10. The van der Waals surface area contributed by atoms with Crippen molar-refractivity contribution in [3.05, 3.63) is 212 Å². The number of hydrogen-bond donors (Lipinski definition) is 0. The molecule has 10 aromatic carbocycles. The van der Waals surface area contributed by atoms with E-state index >= 15 is 0 Å². The third kappa shape index (κ3) is 5.51. The van der Waals surface area contributed by atoms with Gasteiger partial charge in [0.1, 0.15) is 0 Å². The Morgan fingerprint density at radius 2 is 0.642 bits per heavy atom. The molecule has 53 heavy (non-hydrogen) atoms. The van der Waals surface area contributed by atoms with Gasteiger partial charge in [-0.1, -0.05) is 164 Å². The molecule has 0 N–H and O–H groups in total. The van der Waals surface area contributed by atoms with E-state index in [4.69, 9.17) is 0 Å². The Hall–Kier alpha value is -6.96. The lowest BCUT2D eigenvalue weighted by Gasteiger charge is -2.27. The maximum atomic E-state index is 2.38. The summed E-state index contributed by atoms with van der Waals surface area (Å²) in [5.74, 6) is 0. The van der Waals surface area contributed by atoms with Gasteiger partial charge in [-0.05, 0) is 125 Å². The summed E-state index contributed by atoms with van der Waals surface area (Å²) in [6.45, 7) is 0. The minimum absolute atomic E-state index is 1.10. The molecule has 1 heteroatoms. The molecule has 0 aliphatic rings. The number of benzene rings is 10. The molecule has 0 saturated heterocycles. The second-order valence-electron chi connectivity index (χ2n) is 13.7. The Labute approximate surface area is 309 Å². The molecule has 0 saturated carbocycles. The fraction of sp³-hybridized carbons (Fsp3) is 0. The molecule has 1 nitrogen and oxygen atoms in total. The van der Waals surface area contributed by atoms with Gasteiger partial charge in [0, 0.05) is 17.1 Å². The molecule has 0 heterocycles. The molecule has 0 bridgehead atoms. The van der Waals surface area contributed by atoms with Crippen LogP contribution in [-0.4, -0.2) is 0 Å². The summed E-state index contributed by atoms with van der Waals surface area (Å²) in [5, 5.41) is 10.1. The smallest absolute Gasteiger partial charge is 0.0467 e. The zero-order valence-corrected chi connectivity index (χ0v) is 29.2. The van der Waals surface area contributed by atoms with Crippen LogP contribution in [0.3, 0.4) is 0 Å². The monoisotopic (exact) mass is 673 g/mol. The van der Waals surface area contributed by atoms with Crippen LogP contribution < -0.4 is 4.90 Å². The van der Waals surface area contributed by atoms with E-state index in [1.54, 1.807) is 0 Å². The standard InChI is InChI=1S/C52H35N/c1-2-13-36(14-3-1)37-25-29-42(30-26-37)53(43-31-27-38(28-32-43)51-34-40-15-4-6-19-45(40)47-21-8-10-23-49(47)51)44-18-12-17-39(33-44)52-35-41-16-5-7-20-46(41)48-22-9-11-24-50(48)52/h1-35H. The van der Waals surface area contributed by atoms with Crippen molar-refractivity contribution < 1.29 is 0 Å². The van der Waals surface area contributed by atoms with Crippen molar-refractivity contribution in [1.82, 2.24) is 0 Å². The van der Waals surface area contributed by atoms with Crippen molar-refractivity contribution in [3.63, 3.8) is 0 Å². The molecule has 0 fully saturated rings. The highest BCUT2D eigenvalue weighted by molar-refractivity contribution is 6.15. The molecule has 0 spiro atoms. The first kappa shape index (κ1) is 30.8. The summed E-state index contributed by atoms with van der Waals surface area (Å²) >= 11 is 0. The van der Waals surface area contributed by atoms with Gasteiger partial charge >= 0.3 is 0 Å². The van der Waals surface area contributed by atoms with E-state index in [0.29, 0.717) is 0 Å². The second kappa shape index (κ2) is 13.0. The fourth-order valence-corrected chi connectivity index (χ4v) is 8.07. The quantitative estimate of drug-likeness (QED) is 0.159. The first-order valence-electron chi connectivity index (χ1n) is 18.3. The first-order chi connectivity index (χ1) is 26.3. The zero-order valence-electron chi connectivity index (χ0n) is 29.2. The molecule has 0 aliphatic carbocycles. The van der Waals surface area contributed by atoms with Crippen LogP contribution in [0, 0.1) is 0 Å². The Balaban J connectivity index is 1.12. The third-order valence-corrected chi connectivity index (χ3v) is 10.6. The number of rotatable bonds is 6. The highest BCUT2D eigenvalue weighted by Crippen LogP contribution is 2.42. The molecule has 0 aromatic heterocycles. The largest absolute Gasteiger partial charge is 0.310 e. The van der Waals surface area contributed by atoms with Crippen LogP contribution in [0.2, 0.25) is 0 Å². The van der Waals surface area contributed by atoms with Crippen LogP contribution >= 0.6 is 0 Å². The summed E-state index contributed by atoms with van der Waals surface area (Å²) in [6, 6.07) is 77.2. The average Bonchev–Trinajstić information content (AvgIpc) is 3.24. The van der Waals surface area contributed by atoms with Gasteiger partial charge in [0.2, 0.25) is 0 Å². The Kier molecular flexibility index (Phi) is 7.55. The van der Waals surface area contributed by atoms with Gasteiger partial charge < -0.3 is 4.90 Å². The van der Waals surface area contributed by atoms with E-state index < -0.39 is 0 Å². The summed E-state index contributed by atoms with van der Waals surface area (Å²) < 4.78 is 0. The number of hydrogen-bond acceptors (Lipinski definition) is 1.